The van der Waals surface area contributed by atoms with Gasteiger partial charge >= 0.3 is 5.70 Å². The molecule has 0 saturated heterocycles. The number of rotatable bonds is 5. The van der Waals surface area contributed by atoms with Crippen molar-refractivity contribution in [3.8, 4) is 0 Å². The van der Waals surface area contributed by atoms with Crippen LogP contribution in [0.1, 0.15) is 20.8 Å². The Balaban J connectivity index is 4.82. The fraction of sp³-hybridized carbons (Fsp3) is 0.625. The van der Waals surface area contributed by atoms with Crippen LogP contribution in [0.4, 0.5) is 0 Å². The summed E-state index contributed by atoms with van der Waals surface area (Å²) >= 11 is 0. The molecule has 0 aliphatic rings. The third-order valence-electron chi connectivity index (χ3n) is 1.64. The van der Waals surface area contributed by atoms with Crippen molar-refractivity contribution in [3.63, 3.8) is 0 Å². The van der Waals surface area contributed by atoms with Gasteiger partial charge < -0.3 is 15.8 Å². The van der Waals surface area contributed by atoms with Crippen molar-refractivity contribution in [2.45, 2.75) is 26.3 Å². The molecule has 0 rings (SSSR count). The molecule has 0 unspecified atom stereocenters. The molecule has 3 N–H and O–H groups in total. The highest BCUT2D eigenvalue weighted by Gasteiger charge is 2.20. The monoisotopic (exact) mass is 201 g/mol. The fourth-order valence-corrected chi connectivity index (χ4v) is 0.909. The maximum Gasteiger partial charge on any atom is 0.305 e. The maximum atomic E-state index is 10.4. The first-order valence-electron chi connectivity index (χ1n) is 4.09. The minimum atomic E-state index is -0.636. The number of hydrogen-bond donors (Lipinski definition) is 3. The van der Waals surface area contributed by atoms with Gasteiger partial charge in [0.05, 0.1) is 29.0 Å². The Labute approximate surface area is 82.3 Å². The van der Waals surface area contributed by atoms with Crippen molar-refractivity contribution >= 4 is 6.21 Å². The Bertz CT molecular complexity index is 271. The van der Waals surface area contributed by atoms with Gasteiger partial charge in [0.25, 0.3) is 0 Å². The van der Waals surface area contributed by atoms with E-state index in [1.165, 1.54) is 6.92 Å². The number of aliphatic hydroxyl groups excluding tert-OH is 1. The van der Waals surface area contributed by atoms with E-state index in [0.717, 1.165) is 0 Å². The van der Waals surface area contributed by atoms with Crippen molar-refractivity contribution in [1.82, 2.24) is 5.32 Å². The fourth-order valence-electron chi connectivity index (χ4n) is 0.909. The van der Waals surface area contributed by atoms with Crippen molar-refractivity contribution in [2.24, 2.45) is 0 Å². The molecule has 0 aliphatic heterocycles. The van der Waals surface area contributed by atoms with Crippen molar-refractivity contribution in [3.05, 3.63) is 21.5 Å². The second-order valence-electron chi connectivity index (χ2n) is 3.58. The molecule has 0 aromatic carbocycles. The molecule has 0 aliphatic carbocycles. The zero-order chi connectivity index (χ0) is 11.4. The average molecular weight is 201 g/mol. The molecule has 0 saturated carbocycles. The van der Waals surface area contributed by atoms with E-state index in [1.807, 2.05) is 0 Å². The molecular weight excluding hydrogens is 186 g/mol. The second-order valence-corrected chi connectivity index (χ2v) is 3.58. The highest BCUT2D eigenvalue weighted by atomic mass is 16.6. The lowest BCUT2D eigenvalue weighted by atomic mass is 10.1. The Morgan fingerprint density at radius 2 is 2.21 bits per heavy atom. The summed E-state index contributed by atoms with van der Waals surface area (Å²) in [7, 11) is 0. The van der Waals surface area contributed by atoms with Crippen molar-refractivity contribution < 1.29 is 10.0 Å². The van der Waals surface area contributed by atoms with E-state index >= 15 is 0 Å². The van der Waals surface area contributed by atoms with Crippen LogP contribution in [0, 0.1) is 15.5 Å². The summed E-state index contributed by atoms with van der Waals surface area (Å²) in [5.41, 5.74) is -0.662. The van der Waals surface area contributed by atoms with E-state index in [4.69, 9.17) is 10.5 Å². The first-order chi connectivity index (χ1) is 6.34. The number of nitrogens with zero attached hydrogens (tertiary/aromatic N) is 1. The van der Waals surface area contributed by atoms with Gasteiger partial charge in [0, 0.05) is 0 Å². The van der Waals surface area contributed by atoms with Crippen LogP contribution in [-0.2, 0) is 0 Å². The minimum Gasteiger partial charge on any atom is -0.394 e. The number of nitro groups is 1. The number of hydrogen-bond acceptors (Lipinski definition) is 5. The van der Waals surface area contributed by atoms with E-state index in [-0.39, 0.29) is 18.0 Å². The highest BCUT2D eigenvalue weighted by Crippen LogP contribution is 2.07. The normalized spacial score (nSPS) is 13.1. The molecule has 0 aromatic rings. The molecule has 0 spiro atoms. The van der Waals surface area contributed by atoms with Gasteiger partial charge in [0.15, 0.2) is 0 Å². The summed E-state index contributed by atoms with van der Waals surface area (Å²) in [6.07, 6.45) is 0.676. The summed E-state index contributed by atoms with van der Waals surface area (Å²) in [4.78, 5) is 9.80. The van der Waals surface area contributed by atoms with Gasteiger partial charge in [0.1, 0.15) is 0 Å². The van der Waals surface area contributed by atoms with E-state index in [2.05, 4.69) is 5.32 Å². The Hall–Kier alpha value is -1.43. The first kappa shape index (κ1) is 12.6. The molecule has 0 fully saturated rings. The van der Waals surface area contributed by atoms with Gasteiger partial charge in [-0.05, 0) is 20.8 Å². The third kappa shape index (κ3) is 3.53. The van der Waals surface area contributed by atoms with E-state index in [9.17, 15) is 10.1 Å². The van der Waals surface area contributed by atoms with Crippen LogP contribution in [0.3, 0.4) is 0 Å². The Kier molecular flexibility index (Phi) is 4.23. The Morgan fingerprint density at radius 1 is 1.71 bits per heavy atom. The SMILES string of the molecule is C/C(NC(C)(C)CO)=C(/C=N)[N+](=O)[O-]. The molecule has 0 heterocycles. The van der Waals surface area contributed by atoms with Gasteiger partial charge in [-0.3, -0.25) is 10.1 Å². The van der Waals surface area contributed by atoms with Gasteiger partial charge in [-0.2, -0.15) is 0 Å². The largest absolute Gasteiger partial charge is 0.394 e. The molecule has 6 heteroatoms. The van der Waals surface area contributed by atoms with Crippen LogP contribution in [0.15, 0.2) is 11.4 Å². The van der Waals surface area contributed by atoms with E-state index < -0.39 is 10.5 Å². The van der Waals surface area contributed by atoms with E-state index in [1.54, 1.807) is 13.8 Å². The van der Waals surface area contributed by atoms with Crippen LogP contribution < -0.4 is 5.32 Å². The maximum absolute atomic E-state index is 10.4. The van der Waals surface area contributed by atoms with Gasteiger partial charge in [0.2, 0.25) is 0 Å². The lowest BCUT2D eigenvalue weighted by Gasteiger charge is -2.24. The first-order valence-corrected chi connectivity index (χ1v) is 4.09. The van der Waals surface area contributed by atoms with E-state index in [0.29, 0.717) is 6.21 Å². The zero-order valence-electron chi connectivity index (χ0n) is 8.50. The second kappa shape index (κ2) is 4.71. The predicted octanol–water partition coefficient (Wildman–Crippen LogP) is 0.505. The Morgan fingerprint density at radius 3 is 2.50 bits per heavy atom. The van der Waals surface area contributed by atoms with Crippen LogP contribution >= 0.6 is 0 Å². The summed E-state index contributed by atoms with van der Waals surface area (Å²) in [5.74, 6) is 0. The molecule has 6 nitrogen and oxygen atoms in total. The van der Waals surface area contributed by atoms with Crippen molar-refractivity contribution in [1.29, 1.82) is 5.41 Å². The molecule has 0 radical (unpaired) electrons. The quantitative estimate of drug-likeness (QED) is 0.342. The van der Waals surface area contributed by atoms with Crippen LogP contribution in [0.2, 0.25) is 0 Å². The molecule has 0 atom stereocenters. The van der Waals surface area contributed by atoms with Gasteiger partial charge in [-0.1, -0.05) is 0 Å². The molecule has 0 amide bonds. The summed E-state index contributed by atoms with van der Waals surface area (Å²) in [6, 6.07) is 0. The molecule has 0 aromatic heterocycles. The molecular formula is C8H15N3O3. The van der Waals surface area contributed by atoms with Crippen molar-refractivity contribution in [2.75, 3.05) is 6.61 Å². The predicted molar refractivity (Wildman–Crippen MR) is 52.8 cm³/mol. The standard InChI is InChI=1S/C8H15N3O3/c1-6(7(4-9)11(13)14)10-8(2,3)5-12/h4,9-10,12H,5H2,1-3H3/b7-6+,9-4?. The number of allylic oxidation sites excluding steroid dienone is 2. The zero-order valence-corrected chi connectivity index (χ0v) is 8.50. The average Bonchev–Trinajstić information content (AvgIpc) is 2.03. The van der Waals surface area contributed by atoms with Crippen LogP contribution in [0.5, 0.6) is 0 Å². The minimum absolute atomic E-state index is 0.146. The van der Waals surface area contributed by atoms with Gasteiger partial charge in [-0.25, -0.2) is 0 Å². The number of aliphatic hydroxyl groups is 1. The summed E-state index contributed by atoms with van der Waals surface area (Å²) in [5, 5.41) is 29.0. The summed E-state index contributed by atoms with van der Waals surface area (Å²) < 4.78 is 0. The molecule has 14 heavy (non-hydrogen) atoms. The molecule has 80 valence electrons. The lowest BCUT2D eigenvalue weighted by Crippen LogP contribution is -2.42. The summed E-state index contributed by atoms with van der Waals surface area (Å²) in [6.45, 7) is 4.77. The topological polar surface area (TPSA) is 99.2 Å². The van der Waals surface area contributed by atoms with Crippen LogP contribution in [-0.4, -0.2) is 28.4 Å². The number of nitrogens with one attached hydrogen (secondary N) is 2. The van der Waals surface area contributed by atoms with Crippen LogP contribution in [0.25, 0.3) is 0 Å². The third-order valence-corrected chi connectivity index (χ3v) is 1.64. The molecule has 0 bridgehead atoms. The van der Waals surface area contributed by atoms with Gasteiger partial charge in [-0.15, -0.1) is 0 Å². The highest BCUT2D eigenvalue weighted by molar-refractivity contribution is 5.73. The lowest BCUT2D eigenvalue weighted by molar-refractivity contribution is -0.415. The smallest absolute Gasteiger partial charge is 0.305 e.